The predicted molar refractivity (Wildman–Crippen MR) is 115 cm³/mol. The van der Waals surface area contributed by atoms with Crippen LogP contribution in [-0.2, 0) is 66.2 Å². The van der Waals surface area contributed by atoms with Crippen LogP contribution in [0.1, 0.15) is 56.6 Å². The smallest absolute Gasteiger partial charge is 0.550 e. The van der Waals surface area contributed by atoms with Crippen molar-refractivity contribution in [2.45, 2.75) is 58.3 Å². The molecule has 0 amide bonds. The molecular weight excluding hydrogens is 585 g/mol. The predicted octanol–water partition coefficient (Wildman–Crippen LogP) is -1.90. The molecule has 2 rings (SSSR count). The number of rotatable bonds is 11. The molecule has 0 saturated heterocycles. The van der Waals surface area contributed by atoms with Gasteiger partial charge in [0, 0.05) is 55.6 Å². The van der Waals surface area contributed by atoms with Crippen LogP contribution in [0.25, 0.3) is 0 Å². The Morgan fingerprint density at radius 2 is 0.865 bits per heavy atom. The Morgan fingerprint density at radius 3 is 1.05 bits per heavy atom. The van der Waals surface area contributed by atoms with Crippen LogP contribution in [-0.4, -0.2) is 33.8 Å². The Bertz CT molecular complexity index is 814. The van der Waals surface area contributed by atoms with Crippen LogP contribution in [0.15, 0.2) is 49.1 Å². The molecule has 0 aliphatic rings. The van der Waals surface area contributed by atoms with E-state index in [-0.39, 0.29) is 72.7 Å². The van der Waals surface area contributed by atoms with E-state index >= 15 is 0 Å². The fourth-order valence-electron chi connectivity index (χ4n) is 2.14. The normalized spacial score (nSPS) is 8.32. The number of nitrogens with zero attached hydrogens (tertiary/aromatic N) is 3. The van der Waals surface area contributed by atoms with Gasteiger partial charge in [-0.1, -0.05) is 0 Å². The van der Waals surface area contributed by atoms with Crippen LogP contribution in [0.3, 0.4) is 0 Å². The summed E-state index contributed by atoms with van der Waals surface area (Å²) in [6, 6.07) is 9.98. The van der Waals surface area contributed by atoms with Gasteiger partial charge in [-0.15, -0.1) is 0 Å². The third-order valence-corrected chi connectivity index (χ3v) is 3.72. The SMILES string of the molecule is CC#N.O=C([O-])CCCC(=O)[O-].O=C([O-])CCCC(=O)[O-].[Cu+2].[Cu+2].c1cc(CCc2ccncc2)ccn1. The second-order valence-corrected chi connectivity index (χ2v) is 6.63. The van der Waals surface area contributed by atoms with Gasteiger partial charge in [0.05, 0.1) is 6.07 Å². The first-order valence-electron chi connectivity index (χ1n) is 10.5. The molecule has 13 heteroatoms. The van der Waals surface area contributed by atoms with Crippen molar-refractivity contribution < 1.29 is 73.7 Å². The quantitative estimate of drug-likeness (QED) is 0.256. The molecule has 2 heterocycles. The summed E-state index contributed by atoms with van der Waals surface area (Å²) in [5.74, 6) is -4.90. The van der Waals surface area contributed by atoms with Crippen LogP contribution >= 0.6 is 0 Å². The van der Waals surface area contributed by atoms with Gasteiger partial charge in [0.25, 0.3) is 0 Å². The van der Waals surface area contributed by atoms with E-state index in [0.29, 0.717) is 0 Å². The average Bonchev–Trinajstić information content (AvgIpc) is 2.79. The molecule has 0 saturated carbocycles. The van der Waals surface area contributed by atoms with Crippen molar-refractivity contribution in [3.63, 3.8) is 0 Å². The molecule has 2 aromatic heterocycles. The van der Waals surface area contributed by atoms with Gasteiger partial charge in [0.1, 0.15) is 0 Å². The van der Waals surface area contributed by atoms with Crippen molar-refractivity contribution in [1.82, 2.24) is 9.97 Å². The van der Waals surface area contributed by atoms with E-state index in [2.05, 4.69) is 34.2 Å². The summed E-state index contributed by atoms with van der Waals surface area (Å²) in [5, 5.41) is 45.9. The fraction of sp³-hybridized carbons (Fsp3) is 0.375. The zero-order chi connectivity index (χ0) is 26.9. The summed E-state index contributed by atoms with van der Waals surface area (Å²) < 4.78 is 0. The number of carbonyl (C=O) groups excluding carboxylic acids is 4. The molecule has 0 bridgehead atoms. The Balaban J connectivity index is -0.000000212. The van der Waals surface area contributed by atoms with Gasteiger partial charge in [-0.25, -0.2) is 0 Å². The third kappa shape index (κ3) is 34.9. The van der Waals surface area contributed by atoms with E-state index < -0.39 is 23.9 Å². The number of aryl methyl sites for hydroxylation is 2. The summed E-state index contributed by atoms with van der Waals surface area (Å²) in [7, 11) is 0. The van der Waals surface area contributed by atoms with Crippen molar-refractivity contribution in [1.29, 1.82) is 5.26 Å². The number of hydrogen-bond donors (Lipinski definition) is 0. The van der Waals surface area contributed by atoms with Crippen LogP contribution in [0.4, 0.5) is 0 Å². The molecule has 0 aromatic carbocycles. The van der Waals surface area contributed by atoms with Gasteiger partial charge in [0.2, 0.25) is 0 Å². The van der Waals surface area contributed by atoms with Gasteiger partial charge < -0.3 is 39.6 Å². The molecule has 2 aromatic rings. The zero-order valence-corrected chi connectivity index (χ0v) is 21.9. The molecule has 0 spiro atoms. The molecule has 0 aliphatic carbocycles. The second-order valence-electron chi connectivity index (χ2n) is 6.63. The Labute approximate surface area is 236 Å². The molecule has 11 nitrogen and oxygen atoms in total. The first-order valence-corrected chi connectivity index (χ1v) is 10.5. The molecule has 37 heavy (non-hydrogen) atoms. The Hall–Kier alpha value is -3.29. The van der Waals surface area contributed by atoms with Gasteiger partial charge in [0.15, 0.2) is 0 Å². The molecular formula is C24H27Cu2N3O8. The summed E-state index contributed by atoms with van der Waals surface area (Å²) in [6.45, 7) is 1.43. The minimum Gasteiger partial charge on any atom is -0.550 e. The van der Waals surface area contributed by atoms with Crippen molar-refractivity contribution in [3.05, 3.63) is 60.2 Å². The van der Waals surface area contributed by atoms with Crippen LogP contribution < -0.4 is 20.4 Å². The molecule has 208 valence electrons. The Kier molecular flexibility index (Phi) is 32.0. The maximum Gasteiger partial charge on any atom is 2.00 e. The summed E-state index contributed by atoms with van der Waals surface area (Å²) in [4.78, 5) is 46.6. The van der Waals surface area contributed by atoms with Gasteiger partial charge in [-0.05, 0) is 86.8 Å². The van der Waals surface area contributed by atoms with Gasteiger partial charge in [-0.2, -0.15) is 5.26 Å². The minimum atomic E-state index is -1.23. The van der Waals surface area contributed by atoms with E-state index in [4.69, 9.17) is 5.26 Å². The number of carbonyl (C=O) groups is 4. The summed E-state index contributed by atoms with van der Waals surface area (Å²) in [5.41, 5.74) is 2.66. The van der Waals surface area contributed by atoms with Crippen molar-refractivity contribution in [2.75, 3.05) is 0 Å². The molecule has 0 aliphatic heterocycles. The first-order chi connectivity index (χ1) is 16.6. The zero-order valence-electron chi connectivity index (χ0n) is 20.0. The molecule has 0 unspecified atom stereocenters. The van der Waals surface area contributed by atoms with E-state index in [1.54, 1.807) is 6.07 Å². The van der Waals surface area contributed by atoms with E-state index in [9.17, 15) is 39.6 Å². The Morgan fingerprint density at radius 1 is 0.649 bits per heavy atom. The number of carboxylic acids is 4. The van der Waals surface area contributed by atoms with E-state index in [1.165, 1.54) is 18.1 Å². The standard InChI is InChI=1S/C12H12N2.2C5H8O4.C2H3N.2Cu/c1(11-3-7-13-8-4-11)2-12-5-9-14-10-6-12;2*6-4(7)2-1-3-5(8)9;1-2-3;;/h3-10H,1-2H2;2*1-3H2,(H,6,7)(H,8,9);1H3;;/q;;;;2*+2/p-4. The number of nitriles is 1. The fourth-order valence-corrected chi connectivity index (χ4v) is 2.14. The van der Waals surface area contributed by atoms with Crippen molar-refractivity contribution in [3.8, 4) is 6.07 Å². The largest absolute Gasteiger partial charge is 2.00 e. The topological polar surface area (TPSA) is 210 Å². The van der Waals surface area contributed by atoms with Crippen LogP contribution in [0.2, 0.25) is 0 Å². The number of hydrogen-bond acceptors (Lipinski definition) is 11. The van der Waals surface area contributed by atoms with Crippen molar-refractivity contribution >= 4 is 23.9 Å². The summed E-state index contributed by atoms with van der Waals surface area (Å²) >= 11 is 0. The summed E-state index contributed by atoms with van der Waals surface area (Å²) in [6.07, 6.45) is 8.78. The number of pyridine rings is 2. The first kappa shape index (κ1) is 40.9. The van der Waals surface area contributed by atoms with Gasteiger partial charge >= 0.3 is 34.1 Å². The van der Waals surface area contributed by atoms with Crippen LogP contribution in [0.5, 0.6) is 0 Å². The number of carboxylic acid groups (broad SMARTS) is 4. The molecule has 0 fully saturated rings. The number of aliphatic carboxylic acids is 4. The second kappa shape index (κ2) is 28.9. The molecule has 0 N–H and O–H groups in total. The monoisotopic (exact) mass is 611 g/mol. The maximum atomic E-state index is 9.66. The maximum absolute atomic E-state index is 9.66. The van der Waals surface area contributed by atoms with E-state index in [1.807, 2.05) is 24.8 Å². The minimum absolute atomic E-state index is 0. The van der Waals surface area contributed by atoms with E-state index in [0.717, 1.165) is 12.8 Å². The van der Waals surface area contributed by atoms with Crippen LogP contribution in [0, 0.1) is 11.3 Å². The third-order valence-electron chi connectivity index (χ3n) is 3.72. The van der Waals surface area contributed by atoms with Gasteiger partial charge in [-0.3, -0.25) is 9.97 Å². The number of aromatic nitrogens is 2. The molecule has 0 atom stereocenters. The molecule has 2 radical (unpaired) electrons. The average molecular weight is 613 g/mol. The van der Waals surface area contributed by atoms with Crippen molar-refractivity contribution in [2.24, 2.45) is 0 Å².